The number of thioether (sulfide) groups is 1. The minimum absolute atomic E-state index is 0.0173. The molecule has 2 aromatic carbocycles. The van der Waals surface area contributed by atoms with Gasteiger partial charge < -0.3 is 9.47 Å². The van der Waals surface area contributed by atoms with Crippen molar-refractivity contribution in [1.29, 1.82) is 0 Å². The molecule has 0 radical (unpaired) electrons. The number of aromatic nitrogens is 3. The summed E-state index contributed by atoms with van der Waals surface area (Å²) in [7, 11) is 0. The highest BCUT2D eigenvalue weighted by atomic mass is 35.5. The van der Waals surface area contributed by atoms with Gasteiger partial charge in [-0.3, -0.25) is 25.0 Å². The topological polar surface area (TPSA) is 107 Å². The van der Waals surface area contributed by atoms with Crippen molar-refractivity contribution < 1.29 is 19.1 Å². The molecule has 0 aliphatic carbocycles. The number of para-hydroxylation sites is 2. The Morgan fingerprint density at radius 2 is 2.03 bits per heavy atom. The lowest BCUT2D eigenvalue weighted by molar-refractivity contribution is -0.134. The first kappa shape index (κ1) is 21.0. The summed E-state index contributed by atoms with van der Waals surface area (Å²) in [5.41, 5.74) is 6.47. The maximum absolute atomic E-state index is 12.3. The van der Waals surface area contributed by atoms with Crippen molar-refractivity contribution in [2.24, 2.45) is 0 Å². The quantitative estimate of drug-likeness (QED) is 0.445. The van der Waals surface area contributed by atoms with E-state index in [1.807, 2.05) is 25.1 Å². The van der Waals surface area contributed by atoms with E-state index in [4.69, 9.17) is 21.1 Å². The molecular formula is C20H18ClN5O4S. The normalized spacial score (nSPS) is 14.7. The summed E-state index contributed by atoms with van der Waals surface area (Å²) in [5.74, 6) is 0.151. The molecule has 3 aromatic rings. The fourth-order valence-corrected chi connectivity index (χ4v) is 3.66. The number of nitrogens with zero attached hydrogens (tertiary/aromatic N) is 3. The number of carbonyl (C=O) groups is 2. The van der Waals surface area contributed by atoms with E-state index < -0.39 is 17.9 Å². The number of hydrazine groups is 1. The van der Waals surface area contributed by atoms with Crippen LogP contribution in [0.25, 0.3) is 5.69 Å². The lowest BCUT2D eigenvalue weighted by Crippen LogP contribution is -2.51. The molecule has 1 aromatic heterocycles. The molecule has 31 heavy (non-hydrogen) atoms. The van der Waals surface area contributed by atoms with Crippen molar-refractivity contribution in [3.05, 3.63) is 59.4 Å². The van der Waals surface area contributed by atoms with Crippen LogP contribution in [-0.4, -0.2) is 45.0 Å². The van der Waals surface area contributed by atoms with Gasteiger partial charge in [-0.05, 0) is 36.8 Å². The maximum atomic E-state index is 12.3. The van der Waals surface area contributed by atoms with Gasteiger partial charge in [0.05, 0.1) is 11.4 Å². The highest BCUT2D eigenvalue weighted by Crippen LogP contribution is 2.30. The minimum Gasteiger partial charge on any atom is -0.485 e. The third-order valence-corrected chi connectivity index (χ3v) is 5.76. The number of carbonyl (C=O) groups excluding carboxylic acids is 2. The van der Waals surface area contributed by atoms with Gasteiger partial charge >= 0.3 is 0 Å². The zero-order valence-corrected chi connectivity index (χ0v) is 17.9. The number of ether oxygens (including phenoxy) is 2. The number of rotatable bonds is 5. The Labute approximate surface area is 187 Å². The summed E-state index contributed by atoms with van der Waals surface area (Å²) in [6.45, 7) is 1.96. The summed E-state index contributed by atoms with van der Waals surface area (Å²) in [5, 5.41) is 9.08. The summed E-state index contributed by atoms with van der Waals surface area (Å²) in [6.07, 6.45) is 0.679. The maximum Gasteiger partial charge on any atom is 0.283 e. The molecule has 2 N–H and O–H groups in total. The third-order valence-electron chi connectivity index (χ3n) is 4.41. The molecule has 9 nitrogen and oxygen atoms in total. The fraction of sp³-hybridized carbons (Fsp3) is 0.200. The van der Waals surface area contributed by atoms with E-state index in [9.17, 15) is 9.59 Å². The molecule has 160 valence electrons. The molecule has 0 fully saturated rings. The van der Waals surface area contributed by atoms with Crippen LogP contribution in [0, 0.1) is 6.92 Å². The molecule has 0 bridgehead atoms. The Morgan fingerprint density at radius 3 is 2.84 bits per heavy atom. The van der Waals surface area contributed by atoms with E-state index in [-0.39, 0.29) is 12.4 Å². The van der Waals surface area contributed by atoms with Crippen molar-refractivity contribution >= 4 is 35.2 Å². The monoisotopic (exact) mass is 459 g/mol. The zero-order chi connectivity index (χ0) is 21.8. The molecule has 0 spiro atoms. The summed E-state index contributed by atoms with van der Waals surface area (Å²) in [6, 6.07) is 12.6. The SMILES string of the molecule is Cc1ccc(-n2cnnc2SCC(=O)NNC(=O)[C@@H]2COc3ccccc3O2)cc1Cl. The molecule has 11 heteroatoms. The first-order valence-corrected chi connectivity index (χ1v) is 10.6. The molecule has 2 amide bonds. The smallest absolute Gasteiger partial charge is 0.283 e. The van der Waals surface area contributed by atoms with Crippen molar-refractivity contribution in [2.75, 3.05) is 12.4 Å². The number of benzene rings is 2. The van der Waals surface area contributed by atoms with Crippen LogP contribution in [0.5, 0.6) is 11.5 Å². The Bertz CT molecular complexity index is 1120. The Hall–Kier alpha value is -3.24. The van der Waals surface area contributed by atoms with Crippen LogP contribution in [0.1, 0.15) is 5.56 Å². The average molecular weight is 460 g/mol. The van der Waals surface area contributed by atoms with Crippen LogP contribution in [0.3, 0.4) is 0 Å². The molecule has 0 unspecified atom stereocenters. The van der Waals surface area contributed by atoms with Crippen LogP contribution in [0.4, 0.5) is 0 Å². The lowest BCUT2D eigenvalue weighted by Gasteiger charge is -2.25. The average Bonchev–Trinajstić information content (AvgIpc) is 3.26. The molecule has 0 saturated carbocycles. The Kier molecular flexibility index (Phi) is 6.28. The van der Waals surface area contributed by atoms with E-state index >= 15 is 0 Å². The van der Waals surface area contributed by atoms with Crippen LogP contribution < -0.4 is 20.3 Å². The van der Waals surface area contributed by atoms with Gasteiger partial charge in [0.2, 0.25) is 12.0 Å². The van der Waals surface area contributed by atoms with Crippen LogP contribution in [0.15, 0.2) is 53.9 Å². The van der Waals surface area contributed by atoms with Gasteiger partial charge in [-0.2, -0.15) is 0 Å². The number of halogens is 1. The molecule has 1 atom stereocenters. The van der Waals surface area contributed by atoms with Crippen molar-refractivity contribution in [2.45, 2.75) is 18.2 Å². The summed E-state index contributed by atoms with van der Waals surface area (Å²) < 4.78 is 12.8. The standard InChI is InChI=1S/C20H18ClN5O4S/c1-12-6-7-13(8-14(12)21)26-11-22-25-20(26)31-10-18(27)23-24-19(28)17-9-29-15-4-2-3-5-16(15)30-17/h2-8,11,17H,9-10H2,1H3,(H,23,27)(H,24,28)/t17-/m0/s1. The van der Waals surface area contributed by atoms with Gasteiger partial charge in [-0.15, -0.1) is 10.2 Å². The van der Waals surface area contributed by atoms with Crippen molar-refractivity contribution in [3.8, 4) is 17.2 Å². The van der Waals surface area contributed by atoms with Gasteiger partial charge in [-0.25, -0.2) is 0 Å². The largest absolute Gasteiger partial charge is 0.485 e. The molecule has 1 aliphatic heterocycles. The first-order valence-electron chi connectivity index (χ1n) is 9.28. The first-order chi connectivity index (χ1) is 15.0. The molecule has 2 heterocycles. The van der Waals surface area contributed by atoms with Gasteiger partial charge in [-0.1, -0.05) is 41.6 Å². The predicted octanol–water partition coefficient (Wildman–Crippen LogP) is 2.31. The van der Waals surface area contributed by atoms with Crippen molar-refractivity contribution in [3.63, 3.8) is 0 Å². The Morgan fingerprint density at radius 1 is 1.23 bits per heavy atom. The minimum atomic E-state index is -0.864. The molecular weight excluding hydrogens is 442 g/mol. The van der Waals surface area contributed by atoms with Crippen LogP contribution in [-0.2, 0) is 9.59 Å². The zero-order valence-electron chi connectivity index (χ0n) is 16.4. The number of hydrogen-bond acceptors (Lipinski definition) is 7. The summed E-state index contributed by atoms with van der Waals surface area (Å²) >= 11 is 7.36. The van der Waals surface area contributed by atoms with E-state index in [2.05, 4.69) is 21.0 Å². The molecule has 1 aliphatic rings. The second-order valence-electron chi connectivity index (χ2n) is 6.61. The second-order valence-corrected chi connectivity index (χ2v) is 7.96. The lowest BCUT2D eigenvalue weighted by atomic mass is 10.2. The third kappa shape index (κ3) is 4.92. The van der Waals surface area contributed by atoms with E-state index in [0.29, 0.717) is 21.7 Å². The molecule has 4 rings (SSSR count). The van der Waals surface area contributed by atoms with Gasteiger partial charge in [0.15, 0.2) is 16.7 Å². The van der Waals surface area contributed by atoms with Gasteiger partial charge in [0, 0.05) is 5.02 Å². The van der Waals surface area contributed by atoms with Crippen molar-refractivity contribution in [1.82, 2.24) is 25.6 Å². The number of fused-ring (bicyclic) bond motifs is 1. The van der Waals surface area contributed by atoms with E-state index in [1.54, 1.807) is 35.2 Å². The second kappa shape index (κ2) is 9.27. The highest BCUT2D eigenvalue weighted by molar-refractivity contribution is 7.99. The van der Waals surface area contributed by atoms with Gasteiger partial charge in [0.25, 0.3) is 5.91 Å². The predicted molar refractivity (Wildman–Crippen MR) is 114 cm³/mol. The highest BCUT2D eigenvalue weighted by Gasteiger charge is 2.27. The van der Waals surface area contributed by atoms with Crippen LogP contribution in [0.2, 0.25) is 5.02 Å². The number of hydrogen-bond donors (Lipinski definition) is 2. The van der Waals surface area contributed by atoms with E-state index in [1.165, 1.54) is 11.8 Å². The van der Waals surface area contributed by atoms with Crippen LogP contribution >= 0.6 is 23.4 Å². The molecule has 0 saturated heterocycles. The Balaban J connectivity index is 1.28. The summed E-state index contributed by atoms with van der Waals surface area (Å²) in [4.78, 5) is 24.4. The van der Waals surface area contributed by atoms with Gasteiger partial charge in [0.1, 0.15) is 12.9 Å². The number of amides is 2. The number of nitrogens with one attached hydrogen (secondary N) is 2. The van der Waals surface area contributed by atoms with E-state index in [0.717, 1.165) is 11.3 Å². The fourth-order valence-electron chi connectivity index (χ4n) is 2.76. The number of aryl methyl sites for hydroxylation is 1.